The predicted octanol–water partition coefficient (Wildman–Crippen LogP) is 1.08. The fourth-order valence-corrected chi connectivity index (χ4v) is 2.94. The van der Waals surface area contributed by atoms with Crippen molar-refractivity contribution in [3.63, 3.8) is 0 Å². The number of likely N-dealkylation sites (N-methyl/N-ethyl adjacent to an activating group) is 1. The molecular formula is C18H24N4O3. The number of carbonyl (C=O) groups excluding carboxylic acids is 1. The summed E-state index contributed by atoms with van der Waals surface area (Å²) in [6.45, 7) is 2.01. The third kappa shape index (κ3) is 5.11. The second kappa shape index (κ2) is 8.22. The van der Waals surface area contributed by atoms with E-state index in [4.69, 9.17) is 4.52 Å². The Labute approximate surface area is 147 Å². The molecule has 1 aliphatic heterocycles. The topological polar surface area (TPSA) is 82.7 Å². The summed E-state index contributed by atoms with van der Waals surface area (Å²) >= 11 is 0. The minimum atomic E-state index is -0.274. The third-order valence-corrected chi connectivity index (χ3v) is 4.34. The predicted molar refractivity (Wildman–Crippen MR) is 91.7 cm³/mol. The van der Waals surface area contributed by atoms with Gasteiger partial charge in [0, 0.05) is 13.1 Å². The molecule has 1 aromatic heterocycles. The lowest BCUT2D eigenvalue weighted by Gasteiger charge is -2.30. The molecule has 0 radical (unpaired) electrons. The monoisotopic (exact) mass is 344 g/mol. The van der Waals surface area contributed by atoms with Crippen molar-refractivity contribution in [3.8, 4) is 0 Å². The van der Waals surface area contributed by atoms with Crippen molar-refractivity contribution >= 4 is 5.91 Å². The summed E-state index contributed by atoms with van der Waals surface area (Å²) < 4.78 is 5.29. The van der Waals surface area contributed by atoms with Crippen molar-refractivity contribution in [2.75, 3.05) is 26.7 Å². The second-order valence-corrected chi connectivity index (χ2v) is 6.55. The van der Waals surface area contributed by atoms with E-state index >= 15 is 0 Å². The summed E-state index contributed by atoms with van der Waals surface area (Å²) in [5.41, 5.74) is 1.12. The number of likely N-dealkylation sites (tertiary alicyclic amines) is 1. The Hall–Kier alpha value is -2.25. The average molecular weight is 344 g/mol. The van der Waals surface area contributed by atoms with Gasteiger partial charge in [-0.1, -0.05) is 35.5 Å². The first kappa shape index (κ1) is 17.6. The normalized spacial score (nSPS) is 15.7. The van der Waals surface area contributed by atoms with Crippen LogP contribution in [0.5, 0.6) is 0 Å². The molecule has 1 saturated heterocycles. The molecule has 0 aliphatic carbocycles. The number of nitrogens with zero attached hydrogens (tertiary/aromatic N) is 4. The lowest BCUT2D eigenvalue weighted by molar-refractivity contribution is -0.134. The number of hydrogen-bond donors (Lipinski definition) is 1. The molecule has 25 heavy (non-hydrogen) atoms. The van der Waals surface area contributed by atoms with E-state index in [2.05, 4.69) is 10.1 Å². The number of aliphatic hydroxyl groups is 1. The Balaban J connectivity index is 1.48. The molecule has 1 aliphatic rings. The molecule has 1 amide bonds. The first-order chi connectivity index (χ1) is 12.1. The lowest BCUT2D eigenvalue weighted by Crippen LogP contribution is -2.44. The van der Waals surface area contributed by atoms with Crippen LogP contribution in [0.1, 0.15) is 30.1 Å². The molecule has 0 saturated carbocycles. The fourth-order valence-electron chi connectivity index (χ4n) is 2.94. The van der Waals surface area contributed by atoms with E-state index in [0.29, 0.717) is 57.2 Å². The van der Waals surface area contributed by atoms with Crippen LogP contribution in [-0.2, 0) is 17.8 Å². The smallest absolute Gasteiger partial charge is 0.236 e. The molecular weight excluding hydrogens is 320 g/mol. The van der Waals surface area contributed by atoms with Crippen LogP contribution in [0.4, 0.5) is 0 Å². The third-order valence-electron chi connectivity index (χ3n) is 4.34. The molecule has 0 spiro atoms. The van der Waals surface area contributed by atoms with Crippen molar-refractivity contribution < 1.29 is 14.4 Å². The van der Waals surface area contributed by atoms with Gasteiger partial charge in [0.25, 0.3) is 0 Å². The molecule has 2 heterocycles. The summed E-state index contributed by atoms with van der Waals surface area (Å²) in [5, 5.41) is 13.5. The van der Waals surface area contributed by atoms with Crippen molar-refractivity contribution in [2.24, 2.45) is 0 Å². The van der Waals surface area contributed by atoms with Crippen LogP contribution in [0.3, 0.4) is 0 Å². The minimum absolute atomic E-state index is 0.0717. The number of rotatable bonds is 6. The van der Waals surface area contributed by atoms with Crippen molar-refractivity contribution in [1.82, 2.24) is 19.9 Å². The van der Waals surface area contributed by atoms with Gasteiger partial charge in [0.2, 0.25) is 11.8 Å². The zero-order valence-corrected chi connectivity index (χ0v) is 14.5. The number of amides is 1. The largest absolute Gasteiger partial charge is 0.393 e. The Morgan fingerprint density at radius 2 is 2.04 bits per heavy atom. The van der Waals surface area contributed by atoms with Crippen molar-refractivity contribution in [3.05, 3.63) is 47.6 Å². The zero-order valence-electron chi connectivity index (χ0n) is 14.5. The maximum atomic E-state index is 12.3. The van der Waals surface area contributed by atoms with Crippen molar-refractivity contribution in [1.29, 1.82) is 0 Å². The first-order valence-electron chi connectivity index (χ1n) is 8.60. The quantitative estimate of drug-likeness (QED) is 0.844. The number of aromatic nitrogens is 2. The number of hydrogen-bond acceptors (Lipinski definition) is 6. The van der Waals surface area contributed by atoms with Gasteiger partial charge in [-0.15, -0.1) is 0 Å². The molecule has 0 bridgehead atoms. The van der Waals surface area contributed by atoms with Crippen LogP contribution in [0.2, 0.25) is 0 Å². The molecule has 2 aromatic rings. The van der Waals surface area contributed by atoms with E-state index in [1.54, 1.807) is 4.90 Å². The van der Waals surface area contributed by atoms with Gasteiger partial charge >= 0.3 is 0 Å². The highest BCUT2D eigenvalue weighted by Crippen LogP contribution is 2.11. The van der Waals surface area contributed by atoms with Crippen LogP contribution in [0.25, 0.3) is 0 Å². The standard InChI is InChI=1S/C18H24N4O3/c1-21(13-18(24)22-9-7-15(23)8-10-22)12-16-19-17(25-20-16)11-14-5-3-2-4-6-14/h2-6,15,23H,7-13H2,1H3. The summed E-state index contributed by atoms with van der Waals surface area (Å²) in [6.07, 6.45) is 1.64. The van der Waals surface area contributed by atoms with Crippen LogP contribution < -0.4 is 0 Å². The van der Waals surface area contributed by atoms with Crippen LogP contribution in [-0.4, -0.2) is 63.7 Å². The van der Waals surface area contributed by atoms with E-state index in [0.717, 1.165) is 5.56 Å². The molecule has 1 fully saturated rings. The first-order valence-corrected chi connectivity index (χ1v) is 8.60. The van der Waals surface area contributed by atoms with E-state index < -0.39 is 0 Å². The highest BCUT2D eigenvalue weighted by molar-refractivity contribution is 5.78. The van der Waals surface area contributed by atoms with Crippen LogP contribution in [0, 0.1) is 0 Å². The molecule has 7 nitrogen and oxygen atoms in total. The van der Waals surface area contributed by atoms with Crippen molar-refractivity contribution in [2.45, 2.75) is 31.9 Å². The fraction of sp³-hybridized carbons (Fsp3) is 0.500. The molecule has 3 rings (SSSR count). The van der Waals surface area contributed by atoms with E-state index in [1.807, 2.05) is 42.3 Å². The summed E-state index contributed by atoms with van der Waals surface area (Å²) in [4.78, 5) is 20.4. The summed E-state index contributed by atoms with van der Waals surface area (Å²) in [6, 6.07) is 9.96. The second-order valence-electron chi connectivity index (χ2n) is 6.55. The molecule has 7 heteroatoms. The molecule has 1 aromatic carbocycles. The molecule has 0 atom stereocenters. The number of piperidine rings is 1. The maximum absolute atomic E-state index is 12.3. The Morgan fingerprint density at radius 3 is 2.76 bits per heavy atom. The van der Waals surface area contributed by atoms with Gasteiger partial charge in [-0.3, -0.25) is 9.69 Å². The zero-order chi connectivity index (χ0) is 17.6. The summed E-state index contributed by atoms with van der Waals surface area (Å²) in [7, 11) is 1.87. The summed E-state index contributed by atoms with van der Waals surface area (Å²) in [5.74, 6) is 1.23. The number of carbonyl (C=O) groups is 1. The highest BCUT2D eigenvalue weighted by atomic mass is 16.5. The minimum Gasteiger partial charge on any atom is -0.393 e. The molecule has 1 N–H and O–H groups in total. The molecule has 0 unspecified atom stereocenters. The average Bonchev–Trinajstić information content (AvgIpc) is 3.03. The maximum Gasteiger partial charge on any atom is 0.236 e. The van der Waals surface area contributed by atoms with Gasteiger partial charge in [0.1, 0.15) is 0 Å². The number of benzene rings is 1. The SMILES string of the molecule is CN(CC(=O)N1CCC(O)CC1)Cc1noc(Cc2ccccc2)n1. The van der Waals surface area contributed by atoms with Gasteiger partial charge in [-0.05, 0) is 25.5 Å². The number of aliphatic hydroxyl groups excluding tert-OH is 1. The Bertz CT molecular complexity index is 681. The lowest BCUT2D eigenvalue weighted by atomic mass is 10.1. The Morgan fingerprint density at radius 1 is 1.32 bits per heavy atom. The van der Waals surface area contributed by atoms with Gasteiger partial charge in [-0.2, -0.15) is 4.98 Å². The van der Waals surface area contributed by atoms with Gasteiger partial charge < -0.3 is 14.5 Å². The molecule has 134 valence electrons. The van der Waals surface area contributed by atoms with E-state index in [1.165, 1.54) is 0 Å². The Kier molecular flexibility index (Phi) is 5.78. The van der Waals surface area contributed by atoms with Gasteiger partial charge in [-0.25, -0.2) is 0 Å². The van der Waals surface area contributed by atoms with E-state index in [9.17, 15) is 9.90 Å². The van der Waals surface area contributed by atoms with Gasteiger partial charge in [0.05, 0.1) is 25.6 Å². The van der Waals surface area contributed by atoms with Crippen LogP contribution >= 0.6 is 0 Å². The highest BCUT2D eigenvalue weighted by Gasteiger charge is 2.22. The van der Waals surface area contributed by atoms with Crippen LogP contribution in [0.15, 0.2) is 34.9 Å². The van der Waals surface area contributed by atoms with Gasteiger partial charge in [0.15, 0.2) is 5.82 Å². The van der Waals surface area contributed by atoms with E-state index in [-0.39, 0.29) is 12.0 Å².